The molecule has 0 fully saturated rings. The van der Waals surface area contributed by atoms with Gasteiger partial charge < -0.3 is 4.52 Å². The second-order valence-corrected chi connectivity index (χ2v) is 8.11. The van der Waals surface area contributed by atoms with Crippen LogP contribution in [0.3, 0.4) is 0 Å². The molecule has 148 valence electrons. The van der Waals surface area contributed by atoms with E-state index in [-0.39, 0.29) is 5.56 Å². The highest BCUT2D eigenvalue weighted by Gasteiger charge is 2.15. The van der Waals surface area contributed by atoms with Crippen LogP contribution in [0, 0.1) is 6.92 Å². The lowest BCUT2D eigenvalue weighted by Gasteiger charge is -2.14. The molecule has 0 aliphatic rings. The molecule has 0 radical (unpaired) electrons. The molecular weight excluding hydrogens is 382 g/mol. The van der Waals surface area contributed by atoms with Gasteiger partial charge in [-0.3, -0.25) is 9.36 Å². The largest absolute Gasteiger partial charge is 0.361 e. The summed E-state index contributed by atoms with van der Waals surface area (Å²) in [7, 11) is 0. The maximum Gasteiger partial charge on any atom is 0.266 e. The van der Waals surface area contributed by atoms with E-state index in [4.69, 9.17) is 9.51 Å². The van der Waals surface area contributed by atoms with Crippen molar-refractivity contribution in [1.82, 2.24) is 14.7 Å². The van der Waals surface area contributed by atoms with Crippen molar-refractivity contribution in [2.75, 3.05) is 0 Å². The quantitative estimate of drug-likeness (QED) is 0.314. The fourth-order valence-corrected chi connectivity index (χ4v) is 4.14. The highest BCUT2D eigenvalue weighted by molar-refractivity contribution is 7.98. The Morgan fingerprint density at radius 3 is 2.59 bits per heavy atom. The van der Waals surface area contributed by atoms with Gasteiger partial charge in [-0.15, -0.1) is 0 Å². The maximum atomic E-state index is 13.3. The number of rotatable bonds is 6. The summed E-state index contributed by atoms with van der Waals surface area (Å²) in [5.74, 6) is 1.83. The summed E-state index contributed by atoms with van der Waals surface area (Å²) < 4.78 is 6.85. The molecular formula is C23H23N3O2S. The van der Waals surface area contributed by atoms with Crippen molar-refractivity contribution in [2.24, 2.45) is 0 Å². The fourth-order valence-electron chi connectivity index (χ4n) is 3.25. The molecule has 2 heterocycles. The van der Waals surface area contributed by atoms with Gasteiger partial charge in [-0.05, 0) is 49.1 Å². The van der Waals surface area contributed by atoms with Crippen LogP contribution in [0.25, 0.3) is 16.6 Å². The number of fused-ring (bicyclic) bond motifs is 1. The molecule has 4 aromatic rings. The predicted molar refractivity (Wildman–Crippen MR) is 117 cm³/mol. The number of thioether (sulfide) groups is 1. The van der Waals surface area contributed by atoms with E-state index in [2.05, 4.69) is 31.1 Å². The number of aryl methyl sites for hydroxylation is 1. The molecule has 2 aromatic heterocycles. The first-order valence-corrected chi connectivity index (χ1v) is 10.7. The Morgan fingerprint density at radius 1 is 1.14 bits per heavy atom. The van der Waals surface area contributed by atoms with E-state index in [1.54, 1.807) is 4.57 Å². The van der Waals surface area contributed by atoms with Gasteiger partial charge in [0.15, 0.2) is 5.16 Å². The number of hydrogen-bond acceptors (Lipinski definition) is 5. The lowest BCUT2D eigenvalue weighted by atomic mass is 9.98. The topological polar surface area (TPSA) is 60.9 Å². The van der Waals surface area contributed by atoms with Crippen LogP contribution in [-0.2, 0) is 5.75 Å². The zero-order chi connectivity index (χ0) is 20.4. The molecule has 0 amide bonds. The lowest BCUT2D eigenvalue weighted by molar-refractivity contribution is 0.393. The Morgan fingerprint density at radius 2 is 1.90 bits per heavy atom. The molecule has 0 saturated heterocycles. The van der Waals surface area contributed by atoms with Crippen molar-refractivity contribution in [3.05, 3.63) is 82.0 Å². The van der Waals surface area contributed by atoms with E-state index in [0.717, 1.165) is 23.6 Å². The number of nitrogens with zero attached hydrogens (tertiary/aromatic N) is 3. The van der Waals surface area contributed by atoms with Gasteiger partial charge in [-0.25, -0.2) is 4.98 Å². The minimum Gasteiger partial charge on any atom is -0.361 e. The highest BCUT2D eigenvalue weighted by atomic mass is 32.2. The van der Waals surface area contributed by atoms with E-state index in [1.165, 1.54) is 17.3 Å². The van der Waals surface area contributed by atoms with E-state index in [1.807, 2.05) is 49.4 Å². The first-order chi connectivity index (χ1) is 14.1. The Bertz CT molecular complexity index is 1190. The van der Waals surface area contributed by atoms with Crippen LogP contribution in [0.4, 0.5) is 0 Å². The van der Waals surface area contributed by atoms with Crippen molar-refractivity contribution >= 4 is 22.7 Å². The molecule has 6 heteroatoms. The first-order valence-electron chi connectivity index (χ1n) is 9.74. The van der Waals surface area contributed by atoms with Gasteiger partial charge in [0, 0.05) is 11.8 Å². The third-order valence-electron chi connectivity index (χ3n) is 5.10. The molecule has 1 unspecified atom stereocenters. The van der Waals surface area contributed by atoms with Gasteiger partial charge in [0.05, 0.1) is 22.3 Å². The van der Waals surface area contributed by atoms with Crippen LogP contribution in [0.2, 0.25) is 0 Å². The zero-order valence-electron chi connectivity index (χ0n) is 16.8. The number of benzene rings is 2. The molecule has 0 bridgehead atoms. The third kappa shape index (κ3) is 3.98. The third-order valence-corrected chi connectivity index (χ3v) is 6.08. The second-order valence-electron chi connectivity index (χ2n) is 7.17. The van der Waals surface area contributed by atoms with Crippen LogP contribution in [0.15, 0.2) is 69.1 Å². The first kappa shape index (κ1) is 19.5. The van der Waals surface area contributed by atoms with E-state index in [9.17, 15) is 4.79 Å². The average molecular weight is 406 g/mol. The Balaban J connectivity index is 1.79. The normalized spacial score (nSPS) is 12.4. The highest BCUT2D eigenvalue weighted by Crippen LogP contribution is 2.26. The number of para-hydroxylation sites is 1. The summed E-state index contributed by atoms with van der Waals surface area (Å²) in [6.45, 7) is 6.25. The summed E-state index contributed by atoms with van der Waals surface area (Å²) in [4.78, 5) is 18.1. The van der Waals surface area contributed by atoms with E-state index in [0.29, 0.717) is 27.7 Å². The molecule has 1 atom stereocenters. The maximum absolute atomic E-state index is 13.3. The Hall–Kier alpha value is -2.86. The molecule has 0 saturated carbocycles. The lowest BCUT2D eigenvalue weighted by Crippen LogP contribution is -2.21. The monoisotopic (exact) mass is 405 g/mol. The molecule has 0 N–H and O–H groups in total. The summed E-state index contributed by atoms with van der Waals surface area (Å²) >= 11 is 1.48. The minimum atomic E-state index is -0.0641. The molecule has 0 spiro atoms. The molecule has 29 heavy (non-hydrogen) atoms. The van der Waals surface area contributed by atoms with Gasteiger partial charge in [0.25, 0.3) is 5.56 Å². The fraction of sp³-hybridized carbons (Fsp3) is 0.261. The second kappa shape index (κ2) is 8.25. The van der Waals surface area contributed by atoms with Gasteiger partial charge in [0.1, 0.15) is 5.76 Å². The summed E-state index contributed by atoms with van der Waals surface area (Å²) in [6, 6.07) is 17.6. The van der Waals surface area contributed by atoms with Crippen molar-refractivity contribution in [2.45, 2.75) is 44.0 Å². The van der Waals surface area contributed by atoms with Crippen molar-refractivity contribution in [1.29, 1.82) is 0 Å². The van der Waals surface area contributed by atoms with Gasteiger partial charge in [-0.1, -0.05) is 55.0 Å². The zero-order valence-corrected chi connectivity index (χ0v) is 17.6. The number of hydrogen-bond donors (Lipinski definition) is 0. The number of aromatic nitrogens is 3. The Kier molecular flexibility index (Phi) is 5.53. The molecule has 0 aliphatic carbocycles. The molecule has 5 nitrogen and oxygen atoms in total. The molecule has 4 rings (SSSR count). The minimum absolute atomic E-state index is 0.0641. The van der Waals surface area contributed by atoms with Crippen LogP contribution in [0.5, 0.6) is 0 Å². The smallest absolute Gasteiger partial charge is 0.266 e. The van der Waals surface area contributed by atoms with Crippen LogP contribution in [0.1, 0.15) is 43.2 Å². The van der Waals surface area contributed by atoms with Gasteiger partial charge >= 0.3 is 0 Å². The van der Waals surface area contributed by atoms with Crippen molar-refractivity contribution in [3.8, 4) is 5.69 Å². The Labute approximate surface area is 173 Å². The summed E-state index contributed by atoms with van der Waals surface area (Å²) in [6.07, 6.45) is 1.08. The summed E-state index contributed by atoms with van der Waals surface area (Å²) in [5, 5.41) is 5.30. The van der Waals surface area contributed by atoms with Gasteiger partial charge in [0.2, 0.25) is 0 Å². The van der Waals surface area contributed by atoms with Crippen LogP contribution < -0.4 is 5.56 Å². The summed E-state index contributed by atoms with van der Waals surface area (Å²) in [5.41, 5.74) is 3.55. The SMILES string of the molecule is CCC(C)c1ccc(-n2c(SCc3cc(C)on3)nc3ccccc3c2=O)cc1. The van der Waals surface area contributed by atoms with E-state index < -0.39 is 0 Å². The molecule has 2 aromatic carbocycles. The average Bonchev–Trinajstić information content (AvgIpc) is 3.17. The molecule has 0 aliphatic heterocycles. The standard InChI is InChI=1S/C23H23N3O2S/c1-4-15(2)17-9-11-19(12-10-17)26-22(27)20-7-5-6-8-21(20)24-23(26)29-14-18-13-16(3)28-25-18/h5-13,15H,4,14H2,1-3H3. The van der Waals surface area contributed by atoms with Crippen LogP contribution >= 0.6 is 11.8 Å². The van der Waals surface area contributed by atoms with E-state index >= 15 is 0 Å². The van der Waals surface area contributed by atoms with Crippen LogP contribution in [-0.4, -0.2) is 14.7 Å². The predicted octanol–water partition coefficient (Wildman–Crippen LogP) is 5.49. The van der Waals surface area contributed by atoms with Gasteiger partial charge in [-0.2, -0.15) is 0 Å². The van der Waals surface area contributed by atoms with Crippen molar-refractivity contribution in [3.63, 3.8) is 0 Å². The van der Waals surface area contributed by atoms with Crippen molar-refractivity contribution < 1.29 is 4.52 Å².